The molecule has 0 spiro atoms. The minimum Gasteiger partial charge on any atom is -0.495 e. The number of nitrogens with two attached hydrogens (primary N) is 1. The molecule has 1 aromatic carbocycles. The molecular weight excluding hydrogens is 512 g/mol. The van der Waals surface area contributed by atoms with Gasteiger partial charge in [0.2, 0.25) is 17.7 Å². The quantitative estimate of drug-likeness (QED) is 0.539. The molecule has 0 unspecified atom stereocenters. The standard InChI is InChI=1S/C27H35ClN4O6/c1-27(2,3)22(31-26(35)38-15-7-5-6-8-15)25(34)32-14-16(13-19(32)23(29)33)37-24-18-9-10-20(36-4)21(28)17(18)11-12-30-24/h9-12,15-16,19,22H,5-8,13-14H2,1-4H3,(H2,29,33)(H,31,35)/t16-,19+,22-/m1/s1. The van der Waals surface area contributed by atoms with Gasteiger partial charge in [-0.25, -0.2) is 9.78 Å². The molecule has 2 aliphatic rings. The van der Waals surface area contributed by atoms with Crippen molar-refractivity contribution in [2.45, 2.75) is 77.2 Å². The Morgan fingerprint density at radius 2 is 1.84 bits per heavy atom. The topological polar surface area (TPSA) is 133 Å². The predicted molar refractivity (Wildman–Crippen MR) is 142 cm³/mol. The Labute approximate surface area is 227 Å². The molecule has 2 heterocycles. The lowest BCUT2D eigenvalue weighted by atomic mass is 9.85. The Kier molecular flexibility index (Phi) is 8.20. The number of pyridine rings is 1. The van der Waals surface area contributed by atoms with E-state index < -0.39 is 41.5 Å². The Bertz CT molecular complexity index is 1210. The summed E-state index contributed by atoms with van der Waals surface area (Å²) in [5, 5.41) is 4.54. The van der Waals surface area contributed by atoms with Gasteiger partial charge in [0, 0.05) is 23.4 Å². The first-order chi connectivity index (χ1) is 18.0. The number of likely N-dealkylation sites (tertiary alicyclic amines) is 1. The van der Waals surface area contributed by atoms with Crippen LogP contribution < -0.4 is 20.5 Å². The Hall–Kier alpha value is -3.27. The molecule has 4 rings (SSSR count). The molecule has 2 aromatic rings. The normalized spacial score (nSPS) is 20.8. The number of nitrogens with one attached hydrogen (secondary N) is 1. The lowest BCUT2D eigenvalue weighted by molar-refractivity contribution is -0.141. The van der Waals surface area contributed by atoms with Crippen LogP contribution in [0.4, 0.5) is 4.79 Å². The number of amides is 3. The van der Waals surface area contributed by atoms with Crippen molar-refractivity contribution in [2.75, 3.05) is 13.7 Å². The van der Waals surface area contributed by atoms with Crippen molar-refractivity contribution in [1.82, 2.24) is 15.2 Å². The number of benzene rings is 1. The molecule has 0 radical (unpaired) electrons. The van der Waals surface area contributed by atoms with Crippen molar-refractivity contribution in [1.29, 1.82) is 0 Å². The van der Waals surface area contributed by atoms with E-state index in [4.69, 9.17) is 31.5 Å². The Morgan fingerprint density at radius 3 is 2.47 bits per heavy atom. The van der Waals surface area contributed by atoms with Gasteiger partial charge >= 0.3 is 6.09 Å². The fourth-order valence-electron chi connectivity index (χ4n) is 5.10. The van der Waals surface area contributed by atoms with E-state index in [0.29, 0.717) is 27.4 Å². The Morgan fingerprint density at radius 1 is 1.13 bits per heavy atom. The fourth-order valence-corrected chi connectivity index (χ4v) is 5.41. The van der Waals surface area contributed by atoms with Crippen LogP contribution in [-0.4, -0.2) is 65.7 Å². The molecule has 1 saturated carbocycles. The number of carbonyl (C=O) groups excluding carboxylic acids is 3. The zero-order valence-electron chi connectivity index (χ0n) is 22.2. The van der Waals surface area contributed by atoms with E-state index in [9.17, 15) is 14.4 Å². The molecule has 1 aliphatic heterocycles. The summed E-state index contributed by atoms with van der Waals surface area (Å²) >= 11 is 6.47. The second-order valence-corrected chi connectivity index (χ2v) is 11.3. The van der Waals surface area contributed by atoms with Gasteiger partial charge in [0.15, 0.2) is 0 Å². The number of hydrogen-bond acceptors (Lipinski definition) is 7. The average Bonchev–Trinajstić information content (AvgIpc) is 3.52. The fraction of sp³-hybridized carbons (Fsp3) is 0.556. The minimum absolute atomic E-state index is 0.0975. The SMILES string of the molecule is COc1ccc2c(O[C@@H]3C[C@@H](C(N)=O)N(C(=O)[C@@H](NC(=O)OC4CCCC4)C(C)(C)C)C3)nccc2c1Cl. The highest BCUT2D eigenvalue weighted by Crippen LogP contribution is 2.37. The lowest BCUT2D eigenvalue weighted by Crippen LogP contribution is -2.57. The van der Waals surface area contributed by atoms with Gasteiger partial charge in [-0.15, -0.1) is 0 Å². The van der Waals surface area contributed by atoms with Crippen molar-refractivity contribution in [2.24, 2.45) is 11.1 Å². The first-order valence-corrected chi connectivity index (χ1v) is 13.2. The largest absolute Gasteiger partial charge is 0.495 e. The van der Waals surface area contributed by atoms with Crippen LogP contribution in [0.3, 0.4) is 0 Å². The number of nitrogens with zero attached hydrogens (tertiary/aromatic N) is 2. The monoisotopic (exact) mass is 546 g/mol. The maximum absolute atomic E-state index is 13.8. The lowest BCUT2D eigenvalue weighted by Gasteiger charge is -2.34. The second kappa shape index (κ2) is 11.2. The summed E-state index contributed by atoms with van der Waals surface area (Å²) in [4.78, 5) is 44.5. The molecular formula is C27H35ClN4O6. The van der Waals surface area contributed by atoms with E-state index in [2.05, 4.69) is 10.3 Å². The molecule has 2 fully saturated rings. The molecule has 3 atom stereocenters. The highest BCUT2D eigenvalue weighted by Gasteiger charge is 2.45. The number of alkyl carbamates (subject to hydrolysis) is 1. The maximum Gasteiger partial charge on any atom is 0.408 e. The predicted octanol–water partition coefficient (Wildman–Crippen LogP) is 3.81. The maximum atomic E-state index is 13.8. The van der Waals surface area contributed by atoms with E-state index in [1.807, 2.05) is 20.8 Å². The van der Waals surface area contributed by atoms with Crippen LogP contribution in [0.15, 0.2) is 24.4 Å². The smallest absolute Gasteiger partial charge is 0.408 e. The number of carbonyl (C=O) groups is 3. The van der Waals surface area contributed by atoms with Crippen LogP contribution in [0.2, 0.25) is 5.02 Å². The van der Waals surface area contributed by atoms with Gasteiger partial charge in [0.25, 0.3) is 0 Å². The van der Waals surface area contributed by atoms with Gasteiger partial charge in [-0.3, -0.25) is 9.59 Å². The van der Waals surface area contributed by atoms with E-state index >= 15 is 0 Å². The molecule has 1 aliphatic carbocycles. The van der Waals surface area contributed by atoms with Crippen LogP contribution in [0.5, 0.6) is 11.6 Å². The van der Waals surface area contributed by atoms with E-state index in [1.165, 1.54) is 12.0 Å². The first kappa shape index (κ1) is 27.8. The van der Waals surface area contributed by atoms with E-state index in [0.717, 1.165) is 25.7 Å². The summed E-state index contributed by atoms with van der Waals surface area (Å²) in [5.41, 5.74) is 5.04. The number of methoxy groups -OCH3 is 1. The third-order valence-corrected chi connectivity index (χ3v) is 7.52. The van der Waals surface area contributed by atoms with E-state index in [1.54, 1.807) is 24.4 Å². The van der Waals surface area contributed by atoms with Crippen molar-refractivity contribution >= 4 is 40.3 Å². The molecule has 10 nitrogen and oxygen atoms in total. The van der Waals surface area contributed by atoms with Gasteiger partial charge in [-0.2, -0.15) is 0 Å². The number of hydrogen-bond donors (Lipinski definition) is 2. The zero-order valence-corrected chi connectivity index (χ0v) is 22.9. The van der Waals surface area contributed by atoms with Crippen LogP contribution >= 0.6 is 11.6 Å². The molecule has 38 heavy (non-hydrogen) atoms. The third-order valence-electron chi connectivity index (χ3n) is 7.13. The summed E-state index contributed by atoms with van der Waals surface area (Å²) in [6.07, 6.45) is 4.08. The van der Waals surface area contributed by atoms with Gasteiger partial charge in [0.05, 0.1) is 18.7 Å². The van der Waals surface area contributed by atoms with Crippen molar-refractivity contribution in [3.63, 3.8) is 0 Å². The first-order valence-electron chi connectivity index (χ1n) is 12.8. The van der Waals surface area contributed by atoms with Crippen LogP contribution in [0.25, 0.3) is 10.8 Å². The molecule has 1 aromatic heterocycles. The average molecular weight is 547 g/mol. The van der Waals surface area contributed by atoms with Crippen LogP contribution in [0, 0.1) is 5.41 Å². The van der Waals surface area contributed by atoms with Gasteiger partial charge < -0.3 is 30.2 Å². The number of rotatable bonds is 7. The highest BCUT2D eigenvalue weighted by molar-refractivity contribution is 6.37. The summed E-state index contributed by atoms with van der Waals surface area (Å²) in [7, 11) is 1.54. The molecule has 206 valence electrons. The molecule has 1 saturated heterocycles. The molecule has 3 N–H and O–H groups in total. The van der Waals surface area contributed by atoms with Crippen molar-refractivity contribution in [3.8, 4) is 11.6 Å². The molecule has 3 amide bonds. The minimum atomic E-state index is -0.932. The van der Waals surface area contributed by atoms with Crippen LogP contribution in [-0.2, 0) is 14.3 Å². The number of ether oxygens (including phenoxy) is 3. The molecule has 0 bridgehead atoms. The van der Waals surface area contributed by atoms with Gasteiger partial charge in [-0.05, 0) is 49.3 Å². The van der Waals surface area contributed by atoms with Gasteiger partial charge in [-0.1, -0.05) is 32.4 Å². The van der Waals surface area contributed by atoms with Crippen LogP contribution in [0.1, 0.15) is 52.9 Å². The van der Waals surface area contributed by atoms with Crippen molar-refractivity contribution < 1.29 is 28.6 Å². The zero-order chi connectivity index (χ0) is 27.6. The number of primary amides is 1. The number of halogens is 1. The molecule has 11 heteroatoms. The highest BCUT2D eigenvalue weighted by atomic mass is 35.5. The summed E-state index contributed by atoms with van der Waals surface area (Å²) < 4.78 is 17.0. The van der Waals surface area contributed by atoms with Crippen molar-refractivity contribution in [3.05, 3.63) is 29.4 Å². The van der Waals surface area contributed by atoms with E-state index in [-0.39, 0.29) is 19.1 Å². The second-order valence-electron chi connectivity index (χ2n) is 10.9. The summed E-state index contributed by atoms with van der Waals surface area (Å²) in [6, 6.07) is 3.44. The number of aromatic nitrogens is 1. The van der Waals surface area contributed by atoms with Gasteiger partial charge in [0.1, 0.15) is 30.0 Å². The summed E-state index contributed by atoms with van der Waals surface area (Å²) in [6.45, 7) is 5.62. The Balaban J connectivity index is 1.53. The summed E-state index contributed by atoms with van der Waals surface area (Å²) in [5.74, 6) is -0.228. The number of fused-ring (bicyclic) bond motifs is 1. The third kappa shape index (κ3) is 5.90.